The van der Waals surface area contributed by atoms with Crippen LogP contribution in [0.5, 0.6) is 0 Å². The van der Waals surface area contributed by atoms with Crippen LogP contribution in [0.25, 0.3) is 0 Å². The van der Waals surface area contributed by atoms with Gasteiger partial charge in [-0.3, -0.25) is 14.9 Å². The zero-order valence-corrected chi connectivity index (χ0v) is 13.2. The molecule has 7 nitrogen and oxygen atoms in total. The van der Waals surface area contributed by atoms with Crippen LogP contribution in [-0.2, 0) is 9.47 Å². The van der Waals surface area contributed by atoms with Gasteiger partial charge in [-0.25, -0.2) is 0 Å². The van der Waals surface area contributed by atoms with Crippen molar-refractivity contribution in [1.29, 1.82) is 0 Å². The molecule has 0 saturated carbocycles. The Morgan fingerprint density at radius 1 is 1.30 bits per heavy atom. The van der Waals surface area contributed by atoms with E-state index in [0.29, 0.717) is 19.8 Å². The average molecular weight is 341 g/mol. The highest BCUT2D eigenvalue weighted by molar-refractivity contribution is 6.34. The van der Waals surface area contributed by atoms with Gasteiger partial charge >= 0.3 is 0 Å². The topological polar surface area (TPSA) is 81.9 Å². The van der Waals surface area contributed by atoms with Crippen LogP contribution < -0.4 is 0 Å². The standard InChI is InChI=1S/C15H17ClN2O5/c16-12-9-10(18(20)21)4-5-11(12)14(19)17-6-2-1-3-13(17)15-22-7-8-23-15/h4-5,9,13,15H,1-3,6-8H2. The molecule has 0 bridgehead atoms. The second-order valence-corrected chi connectivity index (χ2v) is 6.00. The average Bonchev–Trinajstić information content (AvgIpc) is 3.08. The van der Waals surface area contributed by atoms with Crippen molar-refractivity contribution in [3.8, 4) is 0 Å². The maximum absolute atomic E-state index is 12.8. The van der Waals surface area contributed by atoms with Crippen LogP contribution in [0.15, 0.2) is 18.2 Å². The van der Waals surface area contributed by atoms with E-state index in [-0.39, 0.29) is 28.2 Å². The van der Waals surface area contributed by atoms with Crippen LogP contribution in [0.3, 0.4) is 0 Å². The molecule has 8 heteroatoms. The first kappa shape index (κ1) is 16.2. The summed E-state index contributed by atoms with van der Waals surface area (Å²) in [6.07, 6.45) is 2.31. The Labute approximate surface area is 138 Å². The second kappa shape index (κ2) is 6.82. The monoisotopic (exact) mass is 340 g/mol. The largest absolute Gasteiger partial charge is 0.348 e. The Morgan fingerprint density at radius 2 is 2.04 bits per heavy atom. The van der Waals surface area contributed by atoms with E-state index in [0.717, 1.165) is 19.3 Å². The molecular formula is C15H17ClN2O5. The molecule has 2 heterocycles. The van der Waals surface area contributed by atoms with E-state index in [4.69, 9.17) is 21.1 Å². The smallest absolute Gasteiger partial charge is 0.270 e. The molecule has 1 amide bonds. The maximum Gasteiger partial charge on any atom is 0.270 e. The molecule has 0 radical (unpaired) electrons. The summed E-state index contributed by atoms with van der Waals surface area (Å²) in [6, 6.07) is 3.76. The molecule has 0 aliphatic carbocycles. The van der Waals surface area contributed by atoms with Crippen molar-refractivity contribution < 1.29 is 19.2 Å². The Hall–Kier alpha value is -1.70. The van der Waals surface area contributed by atoms with E-state index in [9.17, 15) is 14.9 Å². The summed E-state index contributed by atoms with van der Waals surface area (Å²) in [7, 11) is 0. The molecule has 2 saturated heterocycles. The first-order valence-electron chi connectivity index (χ1n) is 7.56. The summed E-state index contributed by atoms with van der Waals surface area (Å²) < 4.78 is 11.1. The first-order valence-corrected chi connectivity index (χ1v) is 7.94. The fourth-order valence-electron chi connectivity index (χ4n) is 3.04. The maximum atomic E-state index is 12.8. The van der Waals surface area contributed by atoms with Gasteiger partial charge < -0.3 is 14.4 Å². The van der Waals surface area contributed by atoms with Crippen LogP contribution in [-0.4, -0.2) is 47.8 Å². The van der Waals surface area contributed by atoms with E-state index in [1.54, 1.807) is 4.90 Å². The molecule has 0 aromatic heterocycles. The lowest BCUT2D eigenvalue weighted by molar-refractivity contribution is -0.384. The molecule has 1 aromatic carbocycles. The minimum absolute atomic E-state index is 0.0850. The van der Waals surface area contributed by atoms with Crippen molar-refractivity contribution in [3.05, 3.63) is 38.9 Å². The number of likely N-dealkylation sites (tertiary alicyclic amines) is 1. The van der Waals surface area contributed by atoms with Gasteiger partial charge in [-0.15, -0.1) is 0 Å². The predicted octanol–water partition coefficient (Wildman–Crippen LogP) is 2.62. The molecule has 1 atom stereocenters. The predicted molar refractivity (Wildman–Crippen MR) is 82.5 cm³/mol. The lowest BCUT2D eigenvalue weighted by Gasteiger charge is -2.38. The van der Waals surface area contributed by atoms with Gasteiger partial charge in [0.2, 0.25) is 0 Å². The second-order valence-electron chi connectivity index (χ2n) is 5.59. The zero-order chi connectivity index (χ0) is 16.4. The molecule has 124 valence electrons. The molecule has 0 spiro atoms. The summed E-state index contributed by atoms with van der Waals surface area (Å²) in [5.41, 5.74) is 0.131. The molecule has 1 aromatic rings. The number of amides is 1. The van der Waals surface area contributed by atoms with Crippen LogP contribution >= 0.6 is 11.6 Å². The van der Waals surface area contributed by atoms with E-state index in [1.165, 1.54) is 18.2 Å². The van der Waals surface area contributed by atoms with Crippen molar-refractivity contribution in [2.24, 2.45) is 0 Å². The highest BCUT2D eigenvalue weighted by atomic mass is 35.5. The van der Waals surface area contributed by atoms with E-state index in [2.05, 4.69) is 0 Å². The Balaban J connectivity index is 1.83. The number of benzene rings is 1. The fourth-order valence-corrected chi connectivity index (χ4v) is 3.29. The number of carbonyl (C=O) groups is 1. The summed E-state index contributed by atoms with van der Waals surface area (Å²) in [5.74, 6) is -0.242. The summed E-state index contributed by atoms with van der Waals surface area (Å²) in [5, 5.41) is 10.9. The Morgan fingerprint density at radius 3 is 2.70 bits per heavy atom. The van der Waals surface area contributed by atoms with Gasteiger partial charge in [0, 0.05) is 18.7 Å². The molecule has 23 heavy (non-hydrogen) atoms. The number of rotatable bonds is 3. The number of nitro benzene ring substituents is 1. The Bertz CT molecular complexity index is 618. The number of ether oxygens (including phenoxy) is 2. The number of nitro groups is 1. The van der Waals surface area contributed by atoms with Crippen molar-refractivity contribution in [3.63, 3.8) is 0 Å². The lowest BCUT2D eigenvalue weighted by atomic mass is 10.00. The first-order chi connectivity index (χ1) is 11.1. The number of halogens is 1. The van der Waals surface area contributed by atoms with Crippen LogP contribution in [0, 0.1) is 10.1 Å². The minimum atomic E-state index is -0.538. The van der Waals surface area contributed by atoms with Gasteiger partial charge in [-0.05, 0) is 25.3 Å². The SMILES string of the molecule is O=C(c1ccc([N+](=O)[O-])cc1Cl)N1CCCCC1C1OCCO1. The van der Waals surface area contributed by atoms with E-state index in [1.807, 2.05) is 0 Å². The van der Waals surface area contributed by atoms with Crippen molar-refractivity contribution in [2.75, 3.05) is 19.8 Å². The minimum Gasteiger partial charge on any atom is -0.348 e. The summed E-state index contributed by atoms with van der Waals surface area (Å²) in [4.78, 5) is 24.8. The molecule has 2 aliphatic rings. The van der Waals surface area contributed by atoms with Crippen molar-refractivity contribution >= 4 is 23.2 Å². The van der Waals surface area contributed by atoms with Gasteiger partial charge in [0.15, 0.2) is 6.29 Å². The number of hydrogen-bond donors (Lipinski definition) is 0. The molecule has 1 unspecified atom stereocenters. The highest BCUT2D eigenvalue weighted by Crippen LogP contribution is 2.29. The number of piperidine rings is 1. The third-order valence-corrected chi connectivity index (χ3v) is 4.48. The van der Waals surface area contributed by atoms with Gasteiger partial charge in [0.25, 0.3) is 11.6 Å². The van der Waals surface area contributed by atoms with Crippen molar-refractivity contribution in [2.45, 2.75) is 31.6 Å². The van der Waals surface area contributed by atoms with Gasteiger partial charge in [0.1, 0.15) is 0 Å². The molecule has 3 rings (SSSR count). The summed E-state index contributed by atoms with van der Waals surface area (Å²) >= 11 is 6.08. The fraction of sp³-hybridized carbons (Fsp3) is 0.533. The van der Waals surface area contributed by atoms with Gasteiger partial charge in [-0.2, -0.15) is 0 Å². The zero-order valence-electron chi connectivity index (χ0n) is 12.4. The van der Waals surface area contributed by atoms with Crippen LogP contribution in [0.2, 0.25) is 5.02 Å². The molecule has 2 aliphatic heterocycles. The van der Waals surface area contributed by atoms with Gasteiger partial charge in [-0.1, -0.05) is 11.6 Å². The van der Waals surface area contributed by atoms with E-state index < -0.39 is 11.2 Å². The van der Waals surface area contributed by atoms with Crippen LogP contribution in [0.4, 0.5) is 5.69 Å². The third kappa shape index (κ3) is 3.31. The normalized spacial score (nSPS) is 22.3. The quantitative estimate of drug-likeness (QED) is 0.624. The third-order valence-electron chi connectivity index (χ3n) is 4.17. The Kier molecular flexibility index (Phi) is 4.79. The number of carbonyl (C=O) groups excluding carboxylic acids is 1. The highest BCUT2D eigenvalue weighted by Gasteiger charge is 2.37. The summed E-state index contributed by atoms with van der Waals surface area (Å²) in [6.45, 7) is 1.66. The van der Waals surface area contributed by atoms with Crippen molar-refractivity contribution in [1.82, 2.24) is 4.90 Å². The lowest BCUT2D eigenvalue weighted by Crippen LogP contribution is -2.50. The number of non-ortho nitro benzene ring substituents is 1. The molecular weight excluding hydrogens is 324 g/mol. The number of hydrogen-bond acceptors (Lipinski definition) is 5. The molecule has 0 N–H and O–H groups in total. The number of nitrogens with zero attached hydrogens (tertiary/aromatic N) is 2. The van der Waals surface area contributed by atoms with E-state index >= 15 is 0 Å². The van der Waals surface area contributed by atoms with Gasteiger partial charge in [0.05, 0.1) is 34.8 Å². The van der Waals surface area contributed by atoms with Crippen LogP contribution in [0.1, 0.15) is 29.6 Å². The molecule has 2 fully saturated rings.